The molecule has 2 aromatic rings. The largest absolute Gasteiger partial charge is 0.459 e. The van der Waals surface area contributed by atoms with E-state index < -0.39 is 6.04 Å². The van der Waals surface area contributed by atoms with E-state index in [-0.39, 0.29) is 18.0 Å². The molecule has 2 heterocycles. The molecule has 8 heteroatoms. The van der Waals surface area contributed by atoms with Crippen molar-refractivity contribution >= 4 is 39.8 Å². The fourth-order valence-corrected chi connectivity index (χ4v) is 5.21. The molecule has 3 rings (SSSR count). The quantitative estimate of drug-likeness (QED) is 0.553. The van der Waals surface area contributed by atoms with Gasteiger partial charge in [0.05, 0.1) is 28.1 Å². The summed E-state index contributed by atoms with van der Waals surface area (Å²) in [5.74, 6) is -0.544. The number of nitrogens with one attached hydrogen (secondary N) is 1. The summed E-state index contributed by atoms with van der Waals surface area (Å²) in [5.41, 5.74) is 3.03. The molecule has 0 spiro atoms. The van der Waals surface area contributed by atoms with Crippen LogP contribution in [0.15, 0.2) is 0 Å². The van der Waals surface area contributed by atoms with E-state index in [9.17, 15) is 9.59 Å². The standard InChI is InChI=1S/C22H30ClN3O3S/c1-6-12(3)29-22(28)18-15-10-8-9-11-17(15)30-21(18)24-20(27)16(7-2)26-14(5)19(23)13(4)25-26/h12,16H,6-11H2,1-5H3,(H,24,27). The number of nitrogens with zero attached hydrogens (tertiary/aromatic N) is 2. The molecular formula is C22H30ClN3O3S. The first-order chi connectivity index (χ1) is 14.3. The Balaban J connectivity index is 1.93. The van der Waals surface area contributed by atoms with Crippen LogP contribution in [0.1, 0.15) is 84.7 Å². The van der Waals surface area contributed by atoms with Gasteiger partial charge >= 0.3 is 5.97 Å². The Morgan fingerprint density at radius 1 is 1.23 bits per heavy atom. The van der Waals surface area contributed by atoms with Crippen molar-refractivity contribution < 1.29 is 14.3 Å². The maximum Gasteiger partial charge on any atom is 0.341 e. The summed E-state index contributed by atoms with van der Waals surface area (Å²) in [6, 6.07) is -0.506. The van der Waals surface area contributed by atoms with Gasteiger partial charge in [-0.25, -0.2) is 4.79 Å². The number of fused-ring (bicyclic) bond motifs is 1. The van der Waals surface area contributed by atoms with Gasteiger partial charge in [0.1, 0.15) is 11.0 Å². The zero-order valence-electron chi connectivity index (χ0n) is 18.3. The minimum atomic E-state index is -0.506. The molecule has 0 aromatic carbocycles. The molecule has 0 radical (unpaired) electrons. The number of hydrogen-bond donors (Lipinski definition) is 1. The van der Waals surface area contributed by atoms with Gasteiger partial charge in [0.2, 0.25) is 5.91 Å². The molecule has 164 valence electrons. The number of halogens is 1. The number of thiophene rings is 1. The van der Waals surface area contributed by atoms with Crippen LogP contribution in [-0.2, 0) is 22.4 Å². The molecule has 1 N–H and O–H groups in total. The Labute approximate surface area is 186 Å². The zero-order valence-corrected chi connectivity index (χ0v) is 19.9. The number of carbonyl (C=O) groups excluding carboxylic acids is 2. The van der Waals surface area contributed by atoms with Gasteiger partial charge in [0.15, 0.2) is 0 Å². The van der Waals surface area contributed by atoms with Crippen LogP contribution in [0.2, 0.25) is 5.02 Å². The lowest BCUT2D eigenvalue weighted by Gasteiger charge is -2.18. The maximum atomic E-state index is 13.2. The Morgan fingerprint density at radius 3 is 2.53 bits per heavy atom. The van der Waals surface area contributed by atoms with Crippen LogP contribution in [-0.4, -0.2) is 27.8 Å². The molecule has 1 aliphatic carbocycles. The van der Waals surface area contributed by atoms with Crippen LogP contribution >= 0.6 is 22.9 Å². The SMILES string of the molecule is CCC(C)OC(=O)c1c(NC(=O)C(CC)n2nc(C)c(Cl)c2C)sc2c1CCCC2. The number of rotatable bonds is 7. The third kappa shape index (κ3) is 4.42. The molecule has 0 saturated carbocycles. The van der Waals surface area contributed by atoms with Crippen molar-refractivity contribution in [1.82, 2.24) is 9.78 Å². The third-order valence-electron chi connectivity index (χ3n) is 5.72. The Bertz CT molecular complexity index is 950. The number of ether oxygens (including phenoxy) is 1. The summed E-state index contributed by atoms with van der Waals surface area (Å²) >= 11 is 7.79. The minimum absolute atomic E-state index is 0.166. The highest BCUT2D eigenvalue weighted by atomic mass is 35.5. The molecule has 1 amide bonds. The molecular weight excluding hydrogens is 422 g/mol. The molecule has 2 unspecified atom stereocenters. The van der Waals surface area contributed by atoms with Crippen LogP contribution in [0.5, 0.6) is 0 Å². The lowest BCUT2D eigenvalue weighted by molar-refractivity contribution is -0.119. The van der Waals surface area contributed by atoms with Crippen LogP contribution in [0.4, 0.5) is 5.00 Å². The summed E-state index contributed by atoms with van der Waals surface area (Å²) in [6.07, 6.45) is 5.06. The first-order valence-corrected chi connectivity index (χ1v) is 11.8. The third-order valence-corrected chi connectivity index (χ3v) is 7.47. The lowest BCUT2D eigenvalue weighted by Crippen LogP contribution is -2.27. The van der Waals surface area contributed by atoms with Crippen LogP contribution in [0.3, 0.4) is 0 Å². The Kier molecular flexibility index (Phi) is 7.24. The molecule has 6 nitrogen and oxygen atoms in total. The van der Waals surface area contributed by atoms with Gasteiger partial charge in [0.25, 0.3) is 0 Å². The fraction of sp³-hybridized carbons (Fsp3) is 0.591. The predicted octanol–water partition coefficient (Wildman–Crippen LogP) is 5.64. The normalized spacial score (nSPS) is 15.4. The fourth-order valence-electron chi connectivity index (χ4n) is 3.81. The number of aryl methyl sites for hydroxylation is 2. The second kappa shape index (κ2) is 9.52. The van der Waals surface area contributed by atoms with Gasteiger partial charge in [-0.2, -0.15) is 5.10 Å². The van der Waals surface area contributed by atoms with E-state index in [0.717, 1.165) is 43.4 Å². The second-order valence-corrected chi connectivity index (χ2v) is 9.37. The summed E-state index contributed by atoms with van der Waals surface area (Å²) < 4.78 is 7.30. The highest BCUT2D eigenvalue weighted by Gasteiger charge is 2.30. The highest BCUT2D eigenvalue weighted by molar-refractivity contribution is 7.17. The second-order valence-electron chi connectivity index (χ2n) is 7.88. The first kappa shape index (κ1) is 22.8. The van der Waals surface area contributed by atoms with Crippen LogP contribution in [0.25, 0.3) is 0 Å². The van der Waals surface area contributed by atoms with Crippen molar-refractivity contribution in [3.8, 4) is 0 Å². The average Bonchev–Trinajstić information content (AvgIpc) is 3.20. The summed E-state index contributed by atoms with van der Waals surface area (Å²) in [7, 11) is 0. The Morgan fingerprint density at radius 2 is 1.93 bits per heavy atom. The maximum absolute atomic E-state index is 13.2. The molecule has 1 aliphatic rings. The van der Waals surface area contributed by atoms with Gasteiger partial charge in [-0.3, -0.25) is 9.48 Å². The number of carbonyl (C=O) groups is 2. The molecule has 30 heavy (non-hydrogen) atoms. The van der Waals surface area contributed by atoms with Crippen molar-refractivity contribution in [2.24, 2.45) is 0 Å². The van der Waals surface area contributed by atoms with E-state index in [4.69, 9.17) is 16.3 Å². The van der Waals surface area contributed by atoms with Crippen LogP contribution in [0, 0.1) is 13.8 Å². The van der Waals surface area contributed by atoms with E-state index in [1.165, 1.54) is 16.2 Å². The van der Waals surface area contributed by atoms with E-state index in [1.807, 2.05) is 34.6 Å². The van der Waals surface area contributed by atoms with Crippen molar-refractivity contribution in [2.75, 3.05) is 5.32 Å². The van der Waals surface area contributed by atoms with Crippen molar-refractivity contribution in [2.45, 2.75) is 85.3 Å². The van der Waals surface area contributed by atoms with E-state index in [2.05, 4.69) is 10.4 Å². The van der Waals surface area contributed by atoms with Crippen LogP contribution < -0.4 is 5.32 Å². The number of amides is 1. The van der Waals surface area contributed by atoms with Crippen molar-refractivity contribution in [3.05, 3.63) is 32.4 Å². The smallest absolute Gasteiger partial charge is 0.341 e. The highest BCUT2D eigenvalue weighted by Crippen LogP contribution is 2.39. The van der Waals surface area contributed by atoms with Gasteiger partial charge < -0.3 is 10.1 Å². The van der Waals surface area contributed by atoms with Gasteiger partial charge in [0, 0.05) is 4.88 Å². The van der Waals surface area contributed by atoms with E-state index >= 15 is 0 Å². The van der Waals surface area contributed by atoms with Crippen molar-refractivity contribution in [1.29, 1.82) is 0 Å². The molecule has 2 atom stereocenters. The molecule has 0 saturated heterocycles. The first-order valence-electron chi connectivity index (χ1n) is 10.7. The van der Waals surface area contributed by atoms with Gasteiger partial charge in [-0.05, 0) is 64.9 Å². The van der Waals surface area contributed by atoms with E-state index in [1.54, 1.807) is 4.68 Å². The summed E-state index contributed by atoms with van der Waals surface area (Å²) in [5, 5.41) is 8.64. The van der Waals surface area contributed by atoms with Gasteiger partial charge in [-0.1, -0.05) is 25.4 Å². The zero-order chi connectivity index (χ0) is 22.0. The topological polar surface area (TPSA) is 73.2 Å². The summed E-state index contributed by atoms with van der Waals surface area (Å²) in [6.45, 7) is 9.49. The lowest BCUT2D eigenvalue weighted by atomic mass is 9.95. The number of aromatic nitrogens is 2. The molecule has 0 bridgehead atoms. The van der Waals surface area contributed by atoms with Crippen molar-refractivity contribution in [3.63, 3.8) is 0 Å². The number of hydrogen-bond acceptors (Lipinski definition) is 5. The van der Waals surface area contributed by atoms with Gasteiger partial charge in [-0.15, -0.1) is 11.3 Å². The molecule has 0 aliphatic heterocycles. The summed E-state index contributed by atoms with van der Waals surface area (Å²) in [4.78, 5) is 27.4. The minimum Gasteiger partial charge on any atom is -0.459 e. The van der Waals surface area contributed by atoms with E-state index in [0.29, 0.717) is 27.7 Å². The molecule has 0 fully saturated rings. The Hall–Kier alpha value is -1.86. The number of esters is 1. The predicted molar refractivity (Wildman–Crippen MR) is 121 cm³/mol. The number of anilines is 1. The monoisotopic (exact) mass is 451 g/mol. The average molecular weight is 452 g/mol. The molecule has 2 aromatic heterocycles.